The van der Waals surface area contributed by atoms with Gasteiger partial charge in [-0.25, -0.2) is 9.78 Å². The number of urea groups is 1. The quantitative estimate of drug-likeness (QED) is 0.805. The highest BCUT2D eigenvalue weighted by molar-refractivity contribution is 5.97. The molecular weight excluding hydrogens is 380 g/mol. The Morgan fingerprint density at radius 2 is 1.80 bits per heavy atom. The molecule has 0 bridgehead atoms. The summed E-state index contributed by atoms with van der Waals surface area (Å²) in [5.74, 6) is 0.878. The van der Waals surface area contributed by atoms with Crippen LogP contribution in [0, 0.1) is 0 Å². The van der Waals surface area contributed by atoms with Crippen LogP contribution in [0.25, 0.3) is 11.0 Å². The van der Waals surface area contributed by atoms with Crippen LogP contribution in [0.5, 0.6) is 0 Å². The van der Waals surface area contributed by atoms with E-state index in [0.717, 1.165) is 29.9 Å². The number of nitrogens with one attached hydrogen (secondary N) is 2. The van der Waals surface area contributed by atoms with Crippen molar-refractivity contribution in [2.45, 2.75) is 52.7 Å². The van der Waals surface area contributed by atoms with Crippen LogP contribution in [0.2, 0.25) is 0 Å². The smallest absolute Gasteiger partial charge is 0.317 e. The van der Waals surface area contributed by atoms with E-state index >= 15 is 0 Å². The lowest BCUT2D eigenvalue weighted by molar-refractivity contribution is 0.0943. The van der Waals surface area contributed by atoms with Crippen molar-refractivity contribution in [1.29, 1.82) is 0 Å². The van der Waals surface area contributed by atoms with Crippen molar-refractivity contribution in [3.63, 3.8) is 0 Å². The van der Waals surface area contributed by atoms with Crippen molar-refractivity contribution in [3.8, 4) is 0 Å². The van der Waals surface area contributed by atoms with Crippen LogP contribution in [0.3, 0.4) is 0 Å². The van der Waals surface area contributed by atoms with Crippen molar-refractivity contribution in [3.05, 3.63) is 29.6 Å². The number of imidazole rings is 1. The van der Waals surface area contributed by atoms with E-state index in [2.05, 4.69) is 20.1 Å². The number of hydrogen-bond acceptors (Lipinski definition) is 4. The number of aryl methyl sites for hydroxylation is 1. The normalized spacial score (nSPS) is 15.6. The van der Waals surface area contributed by atoms with E-state index in [1.165, 1.54) is 0 Å². The molecule has 164 valence electrons. The summed E-state index contributed by atoms with van der Waals surface area (Å²) in [5, 5.41) is 5.94. The number of aromatic nitrogens is 2. The van der Waals surface area contributed by atoms with Gasteiger partial charge in [-0.1, -0.05) is 0 Å². The van der Waals surface area contributed by atoms with Gasteiger partial charge in [0.1, 0.15) is 5.82 Å². The average Bonchev–Trinajstić information content (AvgIpc) is 2.95. The molecule has 2 heterocycles. The fourth-order valence-corrected chi connectivity index (χ4v) is 3.59. The monoisotopic (exact) mass is 414 g/mol. The van der Waals surface area contributed by atoms with Crippen LogP contribution in [0.1, 0.15) is 50.8 Å². The van der Waals surface area contributed by atoms with E-state index in [1.54, 1.807) is 0 Å². The Labute approximate surface area is 178 Å². The SMILES string of the molecule is CC(C)NC(=O)c1ccc2c(c1)nc(CN1CCN(C(=O)NC(C)(C)C)CC1)n2C. The molecule has 0 aliphatic carbocycles. The fourth-order valence-electron chi connectivity index (χ4n) is 3.59. The van der Waals surface area contributed by atoms with Gasteiger partial charge in [0.05, 0.1) is 17.6 Å². The Morgan fingerprint density at radius 1 is 1.13 bits per heavy atom. The molecule has 3 amide bonds. The van der Waals surface area contributed by atoms with Crippen molar-refractivity contribution in [1.82, 2.24) is 30.0 Å². The molecule has 1 aliphatic rings. The highest BCUT2D eigenvalue weighted by Crippen LogP contribution is 2.19. The Morgan fingerprint density at radius 3 is 2.40 bits per heavy atom. The first-order valence-corrected chi connectivity index (χ1v) is 10.6. The lowest BCUT2D eigenvalue weighted by Crippen LogP contribution is -2.54. The van der Waals surface area contributed by atoms with E-state index in [-0.39, 0.29) is 23.5 Å². The van der Waals surface area contributed by atoms with Crippen molar-refractivity contribution in [2.75, 3.05) is 26.2 Å². The Hall–Kier alpha value is -2.61. The van der Waals surface area contributed by atoms with E-state index < -0.39 is 0 Å². The lowest BCUT2D eigenvalue weighted by atomic mass is 10.1. The van der Waals surface area contributed by atoms with Gasteiger partial charge in [0.25, 0.3) is 5.91 Å². The number of carbonyl (C=O) groups is 2. The second kappa shape index (κ2) is 8.63. The minimum absolute atomic E-state index is 0.00270. The molecule has 1 aliphatic heterocycles. The summed E-state index contributed by atoms with van der Waals surface area (Å²) in [5.41, 5.74) is 2.23. The van der Waals surface area contributed by atoms with Crippen LogP contribution in [-0.4, -0.2) is 69.0 Å². The molecule has 1 aromatic heterocycles. The van der Waals surface area contributed by atoms with Gasteiger partial charge in [-0.05, 0) is 52.8 Å². The molecule has 2 N–H and O–H groups in total. The first-order chi connectivity index (χ1) is 14.0. The summed E-state index contributed by atoms with van der Waals surface area (Å²) in [6.07, 6.45) is 0. The Kier molecular flexibility index (Phi) is 6.36. The number of amides is 3. The summed E-state index contributed by atoms with van der Waals surface area (Å²) >= 11 is 0. The molecule has 0 saturated carbocycles. The number of hydrogen-bond donors (Lipinski definition) is 2. The van der Waals surface area contributed by atoms with Crippen LogP contribution in [0.4, 0.5) is 4.79 Å². The zero-order valence-electron chi connectivity index (χ0n) is 19.0. The van der Waals surface area contributed by atoms with Gasteiger partial charge in [0.15, 0.2) is 0 Å². The molecule has 8 nitrogen and oxygen atoms in total. The molecule has 2 aromatic rings. The minimum atomic E-state index is -0.230. The number of rotatable bonds is 4. The summed E-state index contributed by atoms with van der Waals surface area (Å²) in [7, 11) is 2.01. The Balaban J connectivity index is 1.65. The van der Waals surface area contributed by atoms with Crippen LogP contribution >= 0.6 is 0 Å². The summed E-state index contributed by atoms with van der Waals surface area (Å²) in [4.78, 5) is 33.6. The van der Waals surface area contributed by atoms with Gasteiger partial charge in [-0.15, -0.1) is 0 Å². The third-order valence-electron chi connectivity index (χ3n) is 5.16. The van der Waals surface area contributed by atoms with Gasteiger partial charge >= 0.3 is 6.03 Å². The largest absolute Gasteiger partial charge is 0.350 e. The van der Waals surface area contributed by atoms with Crippen LogP contribution < -0.4 is 10.6 Å². The first-order valence-electron chi connectivity index (χ1n) is 10.6. The Bertz CT molecular complexity index is 920. The first kappa shape index (κ1) is 22.1. The summed E-state index contributed by atoms with van der Waals surface area (Å²) in [6.45, 7) is 13.6. The number of nitrogens with zero attached hydrogens (tertiary/aromatic N) is 4. The third kappa shape index (κ3) is 5.30. The van der Waals surface area contributed by atoms with Crippen molar-refractivity contribution in [2.24, 2.45) is 7.05 Å². The second-order valence-electron chi connectivity index (χ2n) is 9.36. The standard InChI is InChI=1S/C22H34N6O2/c1-15(2)23-20(29)16-7-8-18-17(13-16)24-19(26(18)6)14-27-9-11-28(12-10-27)21(30)25-22(3,4)5/h7-8,13,15H,9-12,14H2,1-6H3,(H,23,29)(H,25,30). The molecule has 1 fully saturated rings. The fraction of sp³-hybridized carbons (Fsp3) is 0.591. The minimum Gasteiger partial charge on any atom is -0.350 e. The molecule has 0 unspecified atom stereocenters. The molecule has 1 saturated heterocycles. The lowest BCUT2D eigenvalue weighted by Gasteiger charge is -2.36. The number of carbonyl (C=O) groups excluding carboxylic acids is 2. The van der Waals surface area contributed by atoms with Gasteiger partial charge < -0.3 is 20.1 Å². The van der Waals surface area contributed by atoms with Gasteiger partial charge in [-0.2, -0.15) is 0 Å². The third-order valence-corrected chi connectivity index (χ3v) is 5.16. The molecule has 0 radical (unpaired) electrons. The molecule has 3 rings (SSSR count). The number of fused-ring (bicyclic) bond motifs is 1. The maximum atomic E-state index is 12.4. The van der Waals surface area contributed by atoms with Gasteiger partial charge in [-0.3, -0.25) is 9.69 Å². The van der Waals surface area contributed by atoms with Gasteiger partial charge in [0.2, 0.25) is 0 Å². The molecule has 30 heavy (non-hydrogen) atoms. The molecular formula is C22H34N6O2. The molecule has 0 atom stereocenters. The number of piperazine rings is 1. The topological polar surface area (TPSA) is 82.5 Å². The molecule has 0 spiro atoms. The second-order valence-corrected chi connectivity index (χ2v) is 9.36. The van der Waals surface area contributed by atoms with E-state index in [1.807, 2.05) is 64.8 Å². The maximum absolute atomic E-state index is 12.4. The van der Waals surface area contributed by atoms with Crippen LogP contribution in [-0.2, 0) is 13.6 Å². The molecule has 1 aromatic carbocycles. The zero-order valence-corrected chi connectivity index (χ0v) is 19.0. The van der Waals surface area contributed by atoms with E-state index in [9.17, 15) is 9.59 Å². The van der Waals surface area contributed by atoms with E-state index in [0.29, 0.717) is 25.2 Å². The van der Waals surface area contributed by atoms with Crippen molar-refractivity contribution < 1.29 is 9.59 Å². The highest BCUT2D eigenvalue weighted by Gasteiger charge is 2.25. The highest BCUT2D eigenvalue weighted by atomic mass is 16.2. The van der Waals surface area contributed by atoms with Gasteiger partial charge in [0, 0.05) is 50.4 Å². The average molecular weight is 415 g/mol. The molecule has 8 heteroatoms. The predicted molar refractivity (Wildman–Crippen MR) is 118 cm³/mol. The predicted octanol–water partition coefficient (Wildman–Crippen LogP) is 2.34. The summed E-state index contributed by atoms with van der Waals surface area (Å²) < 4.78 is 2.08. The van der Waals surface area contributed by atoms with E-state index in [4.69, 9.17) is 4.98 Å². The summed E-state index contributed by atoms with van der Waals surface area (Å²) in [6, 6.07) is 5.74. The van der Waals surface area contributed by atoms with Crippen molar-refractivity contribution >= 4 is 23.0 Å². The van der Waals surface area contributed by atoms with Crippen LogP contribution in [0.15, 0.2) is 18.2 Å². The zero-order chi connectivity index (χ0) is 22.1. The maximum Gasteiger partial charge on any atom is 0.317 e. The number of benzene rings is 1.